The van der Waals surface area contributed by atoms with Crippen LogP contribution in [-0.2, 0) is 6.18 Å². The van der Waals surface area contributed by atoms with E-state index in [1.165, 1.54) is 6.07 Å². The number of thioether (sulfide) groups is 1. The molecular weight excluding hydrogens is 261 g/mol. The standard InChI is InChI=1S/C12H17F3N2S/c1-3-18-7-8(2)17-11-5-4-9(6-10(11)16)12(13,14)15/h4-6,8,17H,3,7,16H2,1-2H3. The van der Waals surface area contributed by atoms with Crippen molar-refractivity contribution in [2.45, 2.75) is 26.1 Å². The zero-order chi connectivity index (χ0) is 13.8. The molecule has 0 aliphatic rings. The van der Waals surface area contributed by atoms with Gasteiger partial charge in [-0.05, 0) is 30.9 Å². The van der Waals surface area contributed by atoms with Crippen molar-refractivity contribution < 1.29 is 13.2 Å². The summed E-state index contributed by atoms with van der Waals surface area (Å²) in [5, 5.41) is 3.11. The van der Waals surface area contributed by atoms with Gasteiger partial charge in [-0.3, -0.25) is 0 Å². The van der Waals surface area contributed by atoms with E-state index < -0.39 is 11.7 Å². The number of nitrogen functional groups attached to an aromatic ring is 1. The lowest BCUT2D eigenvalue weighted by Crippen LogP contribution is -2.19. The zero-order valence-corrected chi connectivity index (χ0v) is 11.2. The molecule has 1 rings (SSSR count). The minimum absolute atomic E-state index is 0.123. The van der Waals surface area contributed by atoms with Crippen molar-refractivity contribution in [3.05, 3.63) is 23.8 Å². The molecule has 0 aliphatic heterocycles. The van der Waals surface area contributed by atoms with Crippen molar-refractivity contribution >= 4 is 23.1 Å². The number of nitrogens with one attached hydrogen (secondary N) is 1. The molecule has 1 atom stereocenters. The maximum Gasteiger partial charge on any atom is 0.416 e. The summed E-state index contributed by atoms with van der Waals surface area (Å²) in [7, 11) is 0. The maximum atomic E-state index is 12.4. The lowest BCUT2D eigenvalue weighted by atomic mass is 10.1. The number of nitrogens with two attached hydrogens (primary N) is 1. The van der Waals surface area contributed by atoms with Crippen LogP contribution in [0.4, 0.5) is 24.5 Å². The molecule has 1 aromatic carbocycles. The maximum absolute atomic E-state index is 12.4. The molecule has 0 aromatic heterocycles. The topological polar surface area (TPSA) is 38.0 Å². The van der Waals surface area contributed by atoms with Gasteiger partial charge in [0.1, 0.15) is 0 Å². The van der Waals surface area contributed by atoms with E-state index in [-0.39, 0.29) is 11.7 Å². The highest BCUT2D eigenvalue weighted by atomic mass is 32.2. The molecule has 18 heavy (non-hydrogen) atoms. The van der Waals surface area contributed by atoms with Gasteiger partial charge in [0.15, 0.2) is 0 Å². The Balaban J connectivity index is 2.74. The van der Waals surface area contributed by atoms with Crippen LogP contribution in [0.15, 0.2) is 18.2 Å². The van der Waals surface area contributed by atoms with E-state index in [0.29, 0.717) is 5.69 Å². The van der Waals surface area contributed by atoms with Gasteiger partial charge in [0.2, 0.25) is 0 Å². The molecule has 0 saturated carbocycles. The fourth-order valence-electron chi connectivity index (χ4n) is 1.47. The molecule has 3 N–H and O–H groups in total. The van der Waals surface area contributed by atoms with Gasteiger partial charge in [0, 0.05) is 11.8 Å². The summed E-state index contributed by atoms with van der Waals surface area (Å²) < 4.78 is 37.3. The molecule has 0 fully saturated rings. The highest BCUT2D eigenvalue weighted by Crippen LogP contribution is 2.33. The third kappa shape index (κ3) is 4.33. The first kappa shape index (κ1) is 15.0. The fraction of sp³-hybridized carbons (Fsp3) is 0.500. The third-order valence-corrected chi connectivity index (χ3v) is 3.50. The quantitative estimate of drug-likeness (QED) is 0.804. The van der Waals surface area contributed by atoms with Crippen LogP contribution in [-0.4, -0.2) is 17.5 Å². The van der Waals surface area contributed by atoms with Crippen LogP contribution in [0.2, 0.25) is 0 Å². The lowest BCUT2D eigenvalue weighted by molar-refractivity contribution is -0.137. The predicted octanol–water partition coefficient (Wildman–Crippen LogP) is 3.84. The first-order valence-corrected chi connectivity index (χ1v) is 6.81. The normalized spacial score (nSPS) is 13.4. The van der Waals surface area contributed by atoms with Crippen LogP contribution in [0.1, 0.15) is 19.4 Å². The summed E-state index contributed by atoms with van der Waals surface area (Å²) >= 11 is 1.77. The Labute approximate surface area is 109 Å². The van der Waals surface area contributed by atoms with E-state index in [0.717, 1.165) is 23.6 Å². The lowest BCUT2D eigenvalue weighted by Gasteiger charge is -2.17. The van der Waals surface area contributed by atoms with Gasteiger partial charge in [-0.1, -0.05) is 6.92 Å². The predicted molar refractivity (Wildman–Crippen MR) is 71.9 cm³/mol. The number of halogens is 3. The summed E-state index contributed by atoms with van der Waals surface area (Å²) in [5.74, 6) is 1.89. The van der Waals surface area contributed by atoms with Gasteiger partial charge in [0.25, 0.3) is 0 Å². The van der Waals surface area contributed by atoms with Crippen molar-refractivity contribution in [1.29, 1.82) is 0 Å². The van der Waals surface area contributed by atoms with Crippen LogP contribution >= 0.6 is 11.8 Å². The Morgan fingerprint density at radius 3 is 2.56 bits per heavy atom. The molecule has 0 aliphatic carbocycles. The van der Waals surface area contributed by atoms with Gasteiger partial charge >= 0.3 is 6.18 Å². The van der Waals surface area contributed by atoms with Gasteiger partial charge in [-0.2, -0.15) is 24.9 Å². The highest BCUT2D eigenvalue weighted by molar-refractivity contribution is 7.99. The van der Waals surface area contributed by atoms with E-state index in [1.807, 2.05) is 6.92 Å². The van der Waals surface area contributed by atoms with Crippen molar-refractivity contribution in [2.75, 3.05) is 22.6 Å². The van der Waals surface area contributed by atoms with E-state index >= 15 is 0 Å². The second-order valence-electron chi connectivity index (χ2n) is 4.00. The SMILES string of the molecule is CCSCC(C)Nc1ccc(C(F)(F)F)cc1N. The molecule has 0 spiro atoms. The zero-order valence-electron chi connectivity index (χ0n) is 10.3. The molecule has 0 radical (unpaired) electrons. The molecule has 0 amide bonds. The number of hydrogen-bond donors (Lipinski definition) is 2. The Bertz CT molecular complexity index is 393. The van der Waals surface area contributed by atoms with E-state index in [9.17, 15) is 13.2 Å². The number of alkyl halides is 3. The molecule has 1 unspecified atom stereocenters. The molecular formula is C12H17F3N2S. The molecule has 0 saturated heterocycles. The fourth-order valence-corrected chi connectivity index (χ4v) is 2.14. The first-order chi connectivity index (χ1) is 8.34. The molecule has 102 valence electrons. The van der Waals surface area contributed by atoms with Gasteiger partial charge in [-0.25, -0.2) is 0 Å². The van der Waals surface area contributed by atoms with Crippen LogP contribution < -0.4 is 11.1 Å². The number of anilines is 2. The summed E-state index contributed by atoms with van der Waals surface area (Å²) in [6, 6.07) is 3.54. The Morgan fingerprint density at radius 2 is 2.06 bits per heavy atom. The summed E-state index contributed by atoms with van der Waals surface area (Å²) in [6.45, 7) is 4.03. The van der Waals surface area contributed by atoms with Crippen molar-refractivity contribution in [3.63, 3.8) is 0 Å². The minimum Gasteiger partial charge on any atom is -0.397 e. The summed E-state index contributed by atoms with van der Waals surface area (Å²) in [6.07, 6.45) is -4.35. The van der Waals surface area contributed by atoms with Gasteiger partial charge in [-0.15, -0.1) is 0 Å². The molecule has 6 heteroatoms. The monoisotopic (exact) mass is 278 g/mol. The minimum atomic E-state index is -4.35. The summed E-state index contributed by atoms with van der Waals surface area (Å²) in [5.41, 5.74) is 5.58. The molecule has 0 heterocycles. The number of rotatable bonds is 5. The van der Waals surface area contributed by atoms with E-state index in [2.05, 4.69) is 12.2 Å². The van der Waals surface area contributed by atoms with Crippen LogP contribution in [0, 0.1) is 0 Å². The largest absolute Gasteiger partial charge is 0.416 e. The van der Waals surface area contributed by atoms with Gasteiger partial charge < -0.3 is 11.1 Å². The first-order valence-electron chi connectivity index (χ1n) is 5.65. The van der Waals surface area contributed by atoms with Crippen LogP contribution in [0.5, 0.6) is 0 Å². The third-order valence-electron chi connectivity index (χ3n) is 2.35. The Morgan fingerprint density at radius 1 is 1.39 bits per heavy atom. The van der Waals surface area contributed by atoms with E-state index in [1.54, 1.807) is 11.8 Å². The highest BCUT2D eigenvalue weighted by Gasteiger charge is 2.30. The molecule has 0 bridgehead atoms. The number of hydrogen-bond acceptors (Lipinski definition) is 3. The Hall–Kier alpha value is -1.04. The van der Waals surface area contributed by atoms with Crippen molar-refractivity contribution in [3.8, 4) is 0 Å². The van der Waals surface area contributed by atoms with Crippen LogP contribution in [0.3, 0.4) is 0 Å². The average molecular weight is 278 g/mol. The average Bonchev–Trinajstić information content (AvgIpc) is 2.27. The second-order valence-corrected chi connectivity index (χ2v) is 5.32. The van der Waals surface area contributed by atoms with Crippen LogP contribution in [0.25, 0.3) is 0 Å². The number of benzene rings is 1. The van der Waals surface area contributed by atoms with Crippen molar-refractivity contribution in [1.82, 2.24) is 0 Å². The Kier molecular flexibility index (Phi) is 5.19. The van der Waals surface area contributed by atoms with E-state index in [4.69, 9.17) is 5.73 Å². The smallest absolute Gasteiger partial charge is 0.397 e. The summed E-state index contributed by atoms with van der Waals surface area (Å²) in [4.78, 5) is 0. The molecule has 2 nitrogen and oxygen atoms in total. The second kappa shape index (κ2) is 6.22. The van der Waals surface area contributed by atoms with Crippen molar-refractivity contribution in [2.24, 2.45) is 0 Å². The molecule has 1 aromatic rings. The van der Waals surface area contributed by atoms with Gasteiger partial charge in [0.05, 0.1) is 16.9 Å².